The fraction of sp³-hybridized carbons (Fsp3) is 0.692. The minimum Gasteiger partial charge on any atom is -0.460 e. The van der Waals surface area contributed by atoms with Gasteiger partial charge >= 0.3 is 17.9 Å². The number of imide groups is 1. The summed E-state index contributed by atoms with van der Waals surface area (Å²) >= 11 is 0. The minimum absolute atomic E-state index is 0.0148. The van der Waals surface area contributed by atoms with Crippen LogP contribution in [0.25, 0.3) is 0 Å². The highest BCUT2D eigenvalue weighted by Crippen LogP contribution is 2.18. The summed E-state index contributed by atoms with van der Waals surface area (Å²) in [5, 5.41) is 0.510. The lowest BCUT2D eigenvalue weighted by Crippen LogP contribution is -2.34. The average molecular weight is 701 g/mol. The van der Waals surface area contributed by atoms with Crippen LogP contribution in [-0.4, -0.2) is 63.3 Å². The summed E-state index contributed by atoms with van der Waals surface area (Å²) in [6, 6.07) is 6.41. The number of ether oxygens (including phenoxy) is 2. The van der Waals surface area contributed by atoms with E-state index in [-0.39, 0.29) is 55.8 Å². The fourth-order valence-corrected chi connectivity index (χ4v) is 5.53. The Balaban J connectivity index is 1.70. The quantitative estimate of drug-likeness (QED) is 0.0675. The molecule has 1 saturated heterocycles. The second kappa shape index (κ2) is 21.5. The first-order valence-corrected chi connectivity index (χ1v) is 18.4. The van der Waals surface area contributed by atoms with E-state index in [0.717, 1.165) is 50.5 Å². The molecule has 50 heavy (non-hydrogen) atoms. The van der Waals surface area contributed by atoms with Gasteiger partial charge in [-0.3, -0.25) is 24.0 Å². The molecule has 0 aliphatic carbocycles. The molecule has 0 aromatic heterocycles. The molecule has 11 nitrogen and oxygen atoms in total. The Labute approximate surface area is 298 Å². The summed E-state index contributed by atoms with van der Waals surface area (Å²) in [4.78, 5) is 80.1. The molecule has 0 bridgehead atoms. The molecule has 0 spiro atoms. The van der Waals surface area contributed by atoms with Crippen molar-refractivity contribution in [2.24, 2.45) is 0 Å². The standard InChI is InChI=1S/C39H60N2O9/c1-38(2,3)48-35(45)20-18-16-14-12-10-8-7-9-11-13-15-17-19-32(42)40(28-27-36(46)49-39(4,5)6)29-30-21-23-31(24-22-30)37(47)50-41-33(43)25-26-34(41)44/h21-24H,7-20,25-29H2,1-6H3. The monoisotopic (exact) mass is 700 g/mol. The predicted octanol–water partition coefficient (Wildman–Crippen LogP) is 7.77. The molecule has 1 heterocycles. The van der Waals surface area contributed by atoms with Crippen LogP contribution in [0.1, 0.15) is 167 Å². The lowest BCUT2D eigenvalue weighted by atomic mass is 10.0. The van der Waals surface area contributed by atoms with E-state index in [1.54, 1.807) is 37.8 Å². The Morgan fingerprint density at radius 3 is 1.50 bits per heavy atom. The third-order valence-corrected chi connectivity index (χ3v) is 8.04. The molecule has 2 rings (SSSR count). The van der Waals surface area contributed by atoms with Gasteiger partial charge in [-0.25, -0.2) is 4.79 Å². The van der Waals surface area contributed by atoms with E-state index >= 15 is 0 Å². The number of amides is 3. The number of hydroxylamine groups is 2. The minimum atomic E-state index is -0.818. The van der Waals surface area contributed by atoms with E-state index in [1.165, 1.54) is 44.2 Å². The molecule has 0 atom stereocenters. The summed E-state index contributed by atoms with van der Waals surface area (Å²) in [5.74, 6) is -2.45. The Morgan fingerprint density at radius 2 is 1.04 bits per heavy atom. The summed E-state index contributed by atoms with van der Waals surface area (Å²) in [5.41, 5.74) is -0.110. The molecule has 1 aliphatic rings. The van der Waals surface area contributed by atoms with Crippen molar-refractivity contribution in [2.45, 2.75) is 168 Å². The first kappa shape index (κ1) is 42.4. The number of nitrogens with zero attached hydrogens (tertiary/aromatic N) is 2. The maximum absolute atomic E-state index is 13.3. The van der Waals surface area contributed by atoms with Crippen molar-refractivity contribution in [3.63, 3.8) is 0 Å². The van der Waals surface area contributed by atoms with Gasteiger partial charge in [0.05, 0.1) is 12.0 Å². The van der Waals surface area contributed by atoms with Gasteiger partial charge in [-0.1, -0.05) is 76.3 Å². The van der Waals surface area contributed by atoms with Crippen LogP contribution in [0.3, 0.4) is 0 Å². The largest absolute Gasteiger partial charge is 0.460 e. The van der Waals surface area contributed by atoms with Crippen LogP contribution in [0, 0.1) is 0 Å². The van der Waals surface area contributed by atoms with Crippen LogP contribution in [0.4, 0.5) is 0 Å². The average Bonchev–Trinajstić information content (AvgIpc) is 3.33. The number of rotatable bonds is 22. The highest BCUT2D eigenvalue weighted by Gasteiger charge is 2.33. The molecule has 0 N–H and O–H groups in total. The van der Waals surface area contributed by atoms with Gasteiger partial charge in [-0.15, -0.1) is 5.06 Å². The zero-order valence-electron chi connectivity index (χ0n) is 31.3. The number of hydrogen-bond donors (Lipinski definition) is 0. The van der Waals surface area contributed by atoms with E-state index in [2.05, 4.69) is 0 Å². The third-order valence-electron chi connectivity index (χ3n) is 8.04. The molecule has 0 unspecified atom stereocenters. The zero-order valence-corrected chi connectivity index (χ0v) is 31.3. The first-order chi connectivity index (χ1) is 23.5. The summed E-state index contributed by atoms with van der Waals surface area (Å²) < 4.78 is 10.8. The molecule has 1 aromatic rings. The van der Waals surface area contributed by atoms with Gasteiger partial charge in [0.25, 0.3) is 11.8 Å². The highest BCUT2D eigenvalue weighted by atomic mass is 16.7. The van der Waals surface area contributed by atoms with Gasteiger partial charge in [0.2, 0.25) is 5.91 Å². The smallest absolute Gasteiger partial charge is 0.363 e. The van der Waals surface area contributed by atoms with Gasteiger partial charge < -0.3 is 19.2 Å². The van der Waals surface area contributed by atoms with Crippen molar-refractivity contribution < 1.29 is 43.1 Å². The zero-order chi connectivity index (χ0) is 37.2. The Morgan fingerprint density at radius 1 is 0.620 bits per heavy atom. The number of carbonyl (C=O) groups excluding carboxylic acids is 6. The second-order valence-electron chi connectivity index (χ2n) is 15.1. The number of carbonyl (C=O) groups is 6. The SMILES string of the molecule is CC(C)(C)OC(=O)CCCCCCCCCCCCCCC(=O)N(CCC(=O)OC(C)(C)C)Cc1ccc(C(=O)ON2C(=O)CCC2=O)cc1. The molecule has 3 amide bonds. The number of esters is 2. The van der Waals surface area contributed by atoms with Crippen molar-refractivity contribution in [2.75, 3.05) is 6.54 Å². The summed E-state index contributed by atoms with van der Waals surface area (Å²) in [6.07, 6.45) is 14.0. The maximum atomic E-state index is 13.3. The molecule has 280 valence electrons. The number of unbranched alkanes of at least 4 members (excludes halogenated alkanes) is 11. The van der Waals surface area contributed by atoms with Crippen molar-refractivity contribution >= 4 is 35.6 Å². The van der Waals surface area contributed by atoms with Crippen molar-refractivity contribution in [1.29, 1.82) is 0 Å². The van der Waals surface area contributed by atoms with Crippen molar-refractivity contribution in [3.8, 4) is 0 Å². The molecule has 11 heteroatoms. The Kier molecular flexibility index (Phi) is 18.2. The van der Waals surface area contributed by atoms with Crippen LogP contribution in [0.15, 0.2) is 24.3 Å². The topological polar surface area (TPSA) is 137 Å². The summed E-state index contributed by atoms with van der Waals surface area (Å²) in [7, 11) is 0. The highest BCUT2D eigenvalue weighted by molar-refractivity contribution is 6.02. The molecular formula is C39H60N2O9. The first-order valence-electron chi connectivity index (χ1n) is 18.4. The van der Waals surface area contributed by atoms with E-state index < -0.39 is 29.0 Å². The van der Waals surface area contributed by atoms with Gasteiger partial charge in [-0.2, -0.15) is 0 Å². The van der Waals surface area contributed by atoms with E-state index in [9.17, 15) is 28.8 Å². The van der Waals surface area contributed by atoms with E-state index in [1.807, 2.05) is 20.8 Å². The lowest BCUT2D eigenvalue weighted by molar-refractivity contribution is -0.172. The molecule has 0 radical (unpaired) electrons. The molecule has 1 aliphatic heterocycles. The number of benzene rings is 1. The second-order valence-corrected chi connectivity index (χ2v) is 15.1. The van der Waals surface area contributed by atoms with Gasteiger partial charge in [0.1, 0.15) is 11.2 Å². The molecule has 1 fully saturated rings. The predicted molar refractivity (Wildman–Crippen MR) is 189 cm³/mol. The molecular weight excluding hydrogens is 640 g/mol. The van der Waals surface area contributed by atoms with Gasteiger partial charge in [0, 0.05) is 38.8 Å². The van der Waals surface area contributed by atoms with Crippen LogP contribution in [0.2, 0.25) is 0 Å². The fourth-order valence-electron chi connectivity index (χ4n) is 5.53. The van der Waals surface area contributed by atoms with Crippen LogP contribution in [-0.2, 0) is 44.8 Å². The molecule has 1 aromatic carbocycles. The van der Waals surface area contributed by atoms with Crippen LogP contribution < -0.4 is 0 Å². The van der Waals surface area contributed by atoms with Crippen LogP contribution in [0.5, 0.6) is 0 Å². The van der Waals surface area contributed by atoms with Crippen molar-refractivity contribution in [1.82, 2.24) is 9.96 Å². The molecule has 0 saturated carbocycles. The Bertz CT molecular complexity index is 1250. The van der Waals surface area contributed by atoms with E-state index in [4.69, 9.17) is 14.3 Å². The summed E-state index contributed by atoms with van der Waals surface area (Å²) in [6.45, 7) is 11.5. The third kappa shape index (κ3) is 18.3. The maximum Gasteiger partial charge on any atom is 0.363 e. The van der Waals surface area contributed by atoms with E-state index in [0.29, 0.717) is 17.9 Å². The lowest BCUT2D eigenvalue weighted by Gasteiger charge is -2.24. The van der Waals surface area contributed by atoms with Gasteiger partial charge in [-0.05, 0) is 72.1 Å². The normalized spacial score (nSPS) is 13.4. The van der Waals surface area contributed by atoms with Crippen molar-refractivity contribution in [3.05, 3.63) is 35.4 Å². The van der Waals surface area contributed by atoms with Gasteiger partial charge in [0.15, 0.2) is 0 Å². The number of hydrogen-bond acceptors (Lipinski definition) is 9. The van der Waals surface area contributed by atoms with Crippen LogP contribution >= 0.6 is 0 Å². The Hall–Kier alpha value is -3.76.